The predicted molar refractivity (Wildman–Crippen MR) is 90.9 cm³/mol. The highest BCUT2D eigenvalue weighted by molar-refractivity contribution is 5.78. The topological polar surface area (TPSA) is 68.3 Å². The van der Waals surface area contributed by atoms with Crippen LogP contribution in [0.5, 0.6) is 0 Å². The van der Waals surface area contributed by atoms with Crippen molar-refractivity contribution in [3.8, 4) is 11.3 Å². The van der Waals surface area contributed by atoms with Crippen molar-refractivity contribution in [1.82, 2.24) is 24.6 Å². The minimum Gasteiger partial charge on any atom is -0.265 e. The molecule has 4 heterocycles. The zero-order valence-electron chi connectivity index (χ0n) is 13.0. The van der Waals surface area contributed by atoms with Gasteiger partial charge in [0.2, 0.25) is 0 Å². The molecule has 23 heavy (non-hydrogen) atoms. The summed E-state index contributed by atoms with van der Waals surface area (Å²) < 4.78 is 1.73. The van der Waals surface area contributed by atoms with Crippen molar-refractivity contribution < 1.29 is 1.43 Å². The zero-order valence-corrected chi connectivity index (χ0v) is 13.0. The van der Waals surface area contributed by atoms with Gasteiger partial charge in [-0.3, -0.25) is 9.98 Å². The molecule has 0 aliphatic carbocycles. The molecule has 0 bridgehead atoms. The smallest absolute Gasteiger partial charge is 0.253 e. The second-order valence-corrected chi connectivity index (χ2v) is 5.78. The van der Waals surface area contributed by atoms with Gasteiger partial charge in [0.1, 0.15) is 6.33 Å². The van der Waals surface area contributed by atoms with E-state index in [9.17, 15) is 0 Å². The lowest BCUT2D eigenvalue weighted by atomic mass is 9.93. The summed E-state index contributed by atoms with van der Waals surface area (Å²) in [4.78, 5) is 17.5. The molecule has 0 saturated heterocycles. The second kappa shape index (κ2) is 5.39. The number of fused-ring (bicyclic) bond motifs is 1. The van der Waals surface area contributed by atoms with Crippen LogP contribution in [0.2, 0.25) is 0 Å². The maximum absolute atomic E-state index is 4.60. The minimum absolute atomic E-state index is 0. The standard InChI is InChI=1S/C17H16N6.H2/c1-11-7-14(19-9-12(11)2)15-8-16(13-3-5-18-6-4-13)23-17(22-15)20-10-21-23;/h3-12H,1-2H3;1H. The second-order valence-electron chi connectivity index (χ2n) is 5.78. The molecule has 0 aromatic carbocycles. The quantitative estimate of drug-likeness (QED) is 0.729. The molecule has 3 aromatic rings. The van der Waals surface area contributed by atoms with Crippen LogP contribution in [0, 0.1) is 11.8 Å². The third kappa shape index (κ3) is 2.42. The van der Waals surface area contributed by atoms with E-state index >= 15 is 0 Å². The number of aliphatic imine (C=N–C) groups is 1. The van der Waals surface area contributed by atoms with Crippen molar-refractivity contribution in [1.29, 1.82) is 0 Å². The molecular weight excluding hydrogens is 288 g/mol. The van der Waals surface area contributed by atoms with E-state index in [1.807, 2.05) is 24.4 Å². The molecule has 0 saturated carbocycles. The monoisotopic (exact) mass is 306 g/mol. The van der Waals surface area contributed by atoms with E-state index in [0.717, 1.165) is 22.6 Å². The highest BCUT2D eigenvalue weighted by Crippen LogP contribution is 2.27. The van der Waals surface area contributed by atoms with Gasteiger partial charge in [0, 0.05) is 25.6 Å². The molecule has 1 aliphatic rings. The summed E-state index contributed by atoms with van der Waals surface area (Å²) in [5.74, 6) is 1.44. The number of pyridine rings is 1. The lowest BCUT2D eigenvalue weighted by Crippen LogP contribution is -2.12. The Balaban J connectivity index is 0.00000169. The van der Waals surface area contributed by atoms with Gasteiger partial charge in [-0.05, 0) is 30.0 Å². The van der Waals surface area contributed by atoms with E-state index in [0.29, 0.717) is 17.6 Å². The summed E-state index contributed by atoms with van der Waals surface area (Å²) in [6.45, 7) is 4.36. The van der Waals surface area contributed by atoms with E-state index < -0.39 is 0 Å². The fourth-order valence-electron chi connectivity index (χ4n) is 2.60. The summed E-state index contributed by atoms with van der Waals surface area (Å²) in [6, 6.07) is 5.90. The van der Waals surface area contributed by atoms with Crippen LogP contribution in [0.1, 0.15) is 21.0 Å². The van der Waals surface area contributed by atoms with E-state index in [1.54, 1.807) is 16.9 Å². The Morgan fingerprint density at radius 2 is 1.96 bits per heavy atom. The molecule has 2 atom stereocenters. The van der Waals surface area contributed by atoms with Crippen LogP contribution < -0.4 is 0 Å². The average Bonchev–Trinajstić information content (AvgIpc) is 3.06. The molecule has 4 rings (SSSR count). The van der Waals surface area contributed by atoms with Crippen LogP contribution in [0.25, 0.3) is 22.7 Å². The van der Waals surface area contributed by atoms with Crippen LogP contribution in [-0.2, 0) is 0 Å². The van der Waals surface area contributed by atoms with Crippen LogP contribution in [-0.4, -0.2) is 30.8 Å². The van der Waals surface area contributed by atoms with Crippen LogP contribution in [0.15, 0.2) is 48.0 Å². The van der Waals surface area contributed by atoms with Crippen LogP contribution >= 0.6 is 0 Å². The van der Waals surface area contributed by atoms with Crippen molar-refractivity contribution in [3.63, 3.8) is 0 Å². The molecule has 6 heteroatoms. The molecule has 2 unspecified atom stereocenters. The summed E-state index contributed by atoms with van der Waals surface area (Å²) in [5, 5.41) is 4.27. The molecule has 0 fully saturated rings. The molecule has 3 aromatic heterocycles. The third-order valence-corrected chi connectivity index (χ3v) is 4.19. The molecule has 116 valence electrons. The molecule has 1 aliphatic heterocycles. The predicted octanol–water partition coefficient (Wildman–Crippen LogP) is 3.13. The lowest BCUT2D eigenvalue weighted by molar-refractivity contribution is 0.594. The van der Waals surface area contributed by atoms with E-state index in [2.05, 4.69) is 45.0 Å². The zero-order chi connectivity index (χ0) is 15.8. The van der Waals surface area contributed by atoms with Crippen molar-refractivity contribution in [2.75, 3.05) is 0 Å². The van der Waals surface area contributed by atoms with E-state index in [4.69, 9.17) is 0 Å². The average molecular weight is 306 g/mol. The summed E-state index contributed by atoms with van der Waals surface area (Å²) >= 11 is 0. The number of hydrogen-bond donors (Lipinski definition) is 0. The van der Waals surface area contributed by atoms with Gasteiger partial charge in [-0.15, -0.1) is 0 Å². The normalized spacial score (nSPS) is 20.7. The van der Waals surface area contributed by atoms with Crippen molar-refractivity contribution in [2.24, 2.45) is 16.8 Å². The molecule has 0 spiro atoms. The number of nitrogens with zero attached hydrogens (tertiary/aromatic N) is 6. The summed E-state index contributed by atoms with van der Waals surface area (Å²) in [5.41, 5.74) is 3.64. The summed E-state index contributed by atoms with van der Waals surface area (Å²) in [6.07, 6.45) is 9.19. The third-order valence-electron chi connectivity index (χ3n) is 4.19. The van der Waals surface area contributed by atoms with E-state index in [-0.39, 0.29) is 1.43 Å². The Morgan fingerprint density at radius 1 is 1.13 bits per heavy atom. The Kier molecular flexibility index (Phi) is 3.22. The van der Waals surface area contributed by atoms with Crippen molar-refractivity contribution in [2.45, 2.75) is 13.8 Å². The Labute approximate surface area is 135 Å². The molecule has 0 radical (unpaired) electrons. The molecule has 0 N–H and O–H groups in total. The molecule has 6 nitrogen and oxygen atoms in total. The van der Waals surface area contributed by atoms with Crippen LogP contribution in [0.4, 0.5) is 0 Å². The van der Waals surface area contributed by atoms with Gasteiger partial charge in [0.25, 0.3) is 5.78 Å². The Hall–Kier alpha value is -2.89. The largest absolute Gasteiger partial charge is 0.265 e. The van der Waals surface area contributed by atoms with Crippen molar-refractivity contribution in [3.05, 3.63) is 48.7 Å². The first-order valence-corrected chi connectivity index (χ1v) is 7.60. The lowest BCUT2D eigenvalue weighted by Gasteiger charge is -2.18. The fourth-order valence-corrected chi connectivity index (χ4v) is 2.60. The maximum atomic E-state index is 4.60. The van der Waals surface area contributed by atoms with E-state index in [1.165, 1.54) is 6.33 Å². The Bertz CT molecular complexity index is 915. The van der Waals surface area contributed by atoms with Crippen molar-refractivity contribution >= 4 is 17.7 Å². The number of allylic oxidation sites excluding steroid dienone is 1. The minimum atomic E-state index is 0. The number of rotatable bonds is 2. The first kappa shape index (κ1) is 13.8. The van der Waals surface area contributed by atoms with Gasteiger partial charge >= 0.3 is 0 Å². The van der Waals surface area contributed by atoms with Gasteiger partial charge in [0.15, 0.2) is 0 Å². The molecular formula is C17H18N6. The first-order chi connectivity index (χ1) is 11.2. The number of aromatic nitrogens is 5. The maximum Gasteiger partial charge on any atom is 0.253 e. The Morgan fingerprint density at radius 3 is 2.74 bits per heavy atom. The fraction of sp³-hybridized carbons (Fsp3) is 0.235. The molecule has 0 amide bonds. The van der Waals surface area contributed by atoms with Gasteiger partial charge in [-0.2, -0.15) is 14.6 Å². The summed E-state index contributed by atoms with van der Waals surface area (Å²) in [7, 11) is 0. The van der Waals surface area contributed by atoms with Gasteiger partial charge in [-0.25, -0.2) is 4.98 Å². The highest BCUT2D eigenvalue weighted by atomic mass is 15.3. The van der Waals surface area contributed by atoms with Gasteiger partial charge < -0.3 is 0 Å². The first-order valence-electron chi connectivity index (χ1n) is 7.60. The van der Waals surface area contributed by atoms with Crippen LogP contribution in [0.3, 0.4) is 0 Å². The van der Waals surface area contributed by atoms with Gasteiger partial charge in [-0.1, -0.05) is 19.9 Å². The highest BCUT2D eigenvalue weighted by Gasteiger charge is 2.17. The SMILES string of the molecule is CC1C=NC(c2cc(-c3ccncc3)n3ncnc3n2)=CC1C.[HH]. The number of hydrogen-bond acceptors (Lipinski definition) is 5. The van der Waals surface area contributed by atoms with Gasteiger partial charge in [0.05, 0.1) is 17.1 Å².